The van der Waals surface area contributed by atoms with Crippen molar-refractivity contribution in [1.82, 2.24) is 10.0 Å². The van der Waals surface area contributed by atoms with Crippen molar-refractivity contribution in [3.8, 4) is 0 Å². The van der Waals surface area contributed by atoms with E-state index in [1.165, 1.54) is 42.7 Å². The Hall–Kier alpha value is -3.76. The van der Waals surface area contributed by atoms with Crippen LogP contribution < -0.4 is 10.0 Å². The van der Waals surface area contributed by atoms with Crippen molar-refractivity contribution in [2.24, 2.45) is 0 Å². The first-order valence-corrected chi connectivity index (χ1v) is 10.5. The molecule has 9 nitrogen and oxygen atoms in total. The smallest absolute Gasteiger partial charge is 0.338 e. The number of amides is 2. The first-order chi connectivity index (χ1) is 14.8. The highest BCUT2D eigenvalue weighted by molar-refractivity contribution is 7.89. The van der Waals surface area contributed by atoms with Gasteiger partial charge in [0.1, 0.15) is 5.76 Å². The number of sulfonamides is 1. The number of furan rings is 1. The fraction of sp³-hybridized carbons (Fsp3) is 0.0952. The molecule has 0 fully saturated rings. The molecule has 0 saturated heterocycles. The lowest BCUT2D eigenvalue weighted by molar-refractivity contribution is -0.123. The van der Waals surface area contributed by atoms with E-state index in [1.54, 1.807) is 30.3 Å². The number of hydrogen-bond donors (Lipinski definition) is 2. The highest BCUT2D eigenvalue weighted by Crippen LogP contribution is 2.12. The second kappa shape index (κ2) is 9.83. The van der Waals surface area contributed by atoms with Crippen LogP contribution in [0.1, 0.15) is 26.5 Å². The third-order valence-electron chi connectivity index (χ3n) is 4.04. The molecule has 0 unspecified atom stereocenters. The number of esters is 1. The van der Waals surface area contributed by atoms with Gasteiger partial charge in [-0.2, -0.15) is 0 Å². The molecule has 1 aromatic heterocycles. The first-order valence-electron chi connectivity index (χ1n) is 9.03. The van der Waals surface area contributed by atoms with Gasteiger partial charge >= 0.3 is 5.97 Å². The minimum atomic E-state index is -3.81. The maximum absolute atomic E-state index is 12.3. The van der Waals surface area contributed by atoms with Crippen LogP contribution >= 0.6 is 0 Å². The van der Waals surface area contributed by atoms with Crippen molar-refractivity contribution in [1.29, 1.82) is 0 Å². The Labute approximate surface area is 178 Å². The van der Waals surface area contributed by atoms with Crippen molar-refractivity contribution >= 4 is 27.8 Å². The van der Waals surface area contributed by atoms with Crippen LogP contribution in [-0.4, -0.2) is 32.8 Å². The van der Waals surface area contributed by atoms with E-state index < -0.39 is 34.4 Å². The number of benzene rings is 2. The zero-order valence-electron chi connectivity index (χ0n) is 16.1. The molecular weight excluding hydrogens is 424 g/mol. The van der Waals surface area contributed by atoms with Gasteiger partial charge in [-0.05, 0) is 48.5 Å². The van der Waals surface area contributed by atoms with E-state index in [1.807, 2.05) is 0 Å². The maximum atomic E-state index is 12.3. The Morgan fingerprint density at radius 3 is 2.23 bits per heavy atom. The Balaban J connectivity index is 1.51. The van der Waals surface area contributed by atoms with Gasteiger partial charge in [-0.3, -0.25) is 14.9 Å². The van der Waals surface area contributed by atoms with Crippen LogP contribution in [0, 0.1) is 0 Å². The molecule has 0 aliphatic rings. The van der Waals surface area contributed by atoms with Crippen LogP contribution in [-0.2, 0) is 26.1 Å². The number of carbonyl (C=O) groups excluding carboxylic acids is 3. The summed E-state index contributed by atoms with van der Waals surface area (Å²) >= 11 is 0. The van der Waals surface area contributed by atoms with Crippen molar-refractivity contribution in [2.75, 3.05) is 6.61 Å². The van der Waals surface area contributed by atoms with Gasteiger partial charge in [0.25, 0.3) is 11.8 Å². The highest BCUT2D eigenvalue weighted by atomic mass is 32.2. The molecule has 0 spiro atoms. The third kappa shape index (κ3) is 6.11. The Bertz CT molecular complexity index is 1160. The molecule has 1 heterocycles. The fourth-order valence-corrected chi connectivity index (χ4v) is 3.46. The summed E-state index contributed by atoms with van der Waals surface area (Å²) in [5.41, 5.74) is 0.340. The number of ether oxygens (including phenoxy) is 1. The van der Waals surface area contributed by atoms with Crippen LogP contribution in [0.15, 0.2) is 82.3 Å². The maximum Gasteiger partial charge on any atom is 0.338 e. The Morgan fingerprint density at radius 1 is 0.871 bits per heavy atom. The summed E-state index contributed by atoms with van der Waals surface area (Å²) in [6.07, 6.45) is 1.43. The molecule has 0 aliphatic heterocycles. The molecule has 31 heavy (non-hydrogen) atoms. The molecule has 3 aromatic rings. The van der Waals surface area contributed by atoms with Gasteiger partial charge in [0.15, 0.2) is 6.61 Å². The molecule has 3 rings (SSSR count). The lowest BCUT2D eigenvalue weighted by atomic mass is 10.2. The summed E-state index contributed by atoms with van der Waals surface area (Å²) in [6, 6.07) is 16.4. The van der Waals surface area contributed by atoms with Crippen LogP contribution in [0.3, 0.4) is 0 Å². The van der Waals surface area contributed by atoms with Gasteiger partial charge in [0, 0.05) is 5.56 Å². The minimum absolute atomic E-state index is 0.0179. The molecule has 0 bridgehead atoms. The molecule has 0 saturated carbocycles. The third-order valence-corrected chi connectivity index (χ3v) is 5.46. The quantitative estimate of drug-likeness (QED) is 0.509. The summed E-state index contributed by atoms with van der Waals surface area (Å²) in [6.45, 7) is -0.682. The number of hydrogen-bond acceptors (Lipinski definition) is 7. The molecule has 0 radical (unpaired) electrons. The van der Waals surface area contributed by atoms with E-state index in [4.69, 9.17) is 9.15 Å². The lowest BCUT2D eigenvalue weighted by Crippen LogP contribution is -2.34. The van der Waals surface area contributed by atoms with Crippen molar-refractivity contribution in [3.63, 3.8) is 0 Å². The van der Waals surface area contributed by atoms with E-state index in [-0.39, 0.29) is 17.0 Å². The molecule has 2 amide bonds. The molecule has 0 aliphatic carbocycles. The predicted octanol–water partition coefficient (Wildman–Crippen LogP) is 1.87. The van der Waals surface area contributed by atoms with Gasteiger partial charge < -0.3 is 9.15 Å². The van der Waals surface area contributed by atoms with Gasteiger partial charge in [0.05, 0.1) is 23.3 Å². The van der Waals surface area contributed by atoms with Crippen LogP contribution in [0.4, 0.5) is 0 Å². The van der Waals surface area contributed by atoms with Gasteiger partial charge in [0.2, 0.25) is 10.0 Å². The summed E-state index contributed by atoms with van der Waals surface area (Å²) in [4.78, 5) is 35.7. The standard InChI is InChI=1S/C21H18N2O7S/c24-19(23-20(25)15-5-2-1-3-6-15)14-30-21(26)16-8-10-18(11-9-16)31(27,28)22-13-17-7-4-12-29-17/h1-12,22H,13-14H2,(H,23,24,25). The first kappa shape index (κ1) is 21.9. The summed E-state index contributed by atoms with van der Waals surface area (Å²) in [5, 5.41) is 2.11. The fourth-order valence-electron chi connectivity index (χ4n) is 2.47. The highest BCUT2D eigenvalue weighted by Gasteiger charge is 2.17. The molecule has 2 aromatic carbocycles. The number of rotatable bonds is 8. The van der Waals surface area contributed by atoms with E-state index in [0.717, 1.165) is 0 Å². The molecular formula is C21H18N2O7S. The average Bonchev–Trinajstić information content (AvgIpc) is 3.31. The number of carbonyl (C=O) groups is 3. The Morgan fingerprint density at radius 2 is 1.58 bits per heavy atom. The second-order valence-corrected chi connectivity index (χ2v) is 8.01. The normalized spacial score (nSPS) is 11.0. The van der Waals surface area contributed by atoms with E-state index >= 15 is 0 Å². The van der Waals surface area contributed by atoms with E-state index in [2.05, 4.69) is 10.0 Å². The van der Waals surface area contributed by atoms with Crippen molar-refractivity contribution in [3.05, 3.63) is 89.9 Å². The minimum Gasteiger partial charge on any atom is -0.468 e. The van der Waals surface area contributed by atoms with Crippen LogP contribution in [0.25, 0.3) is 0 Å². The molecule has 10 heteroatoms. The van der Waals surface area contributed by atoms with Gasteiger partial charge in [-0.25, -0.2) is 17.9 Å². The van der Waals surface area contributed by atoms with Crippen LogP contribution in [0.5, 0.6) is 0 Å². The lowest BCUT2D eigenvalue weighted by Gasteiger charge is -2.08. The van der Waals surface area contributed by atoms with Crippen LogP contribution in [0.2, 0.25) is 0 Å². The molecule has 2 N–H and O–H groups in total. The monoisotopic (exact) mass is 442 g/mol. The van der Waals surface area contributed by atoms with Gasteiger partial charge in [-0.15, -0.1) is 0 Å². The zero-order chi connectivity index (χ0) is 22.3. The largest absolute Gasteiger partial charge is 0.468 e. The second-order valence-electron chi connectivity index (χ2n) is 6.25. The number of imide groups is 1. The Kier molecular flexibility index (Phi) is 6.96. The average molecular weight is 442 g/mol. The number of nitrogens with one attached hydrogen (secondary N) is 2. The summed E-state index contributed by atoms with van der Waals surface area (Å²) in [7, 11) is -3.81. The SMILES string of the molecule is O=C(COC(=O)c1ccc(S(=O)(=O)NCc2ccco2)cc1)NC(=O)c1ccccc1. The molecule has 160 valence electrons. The van der Waals surface area contributed by atoms with Gasteiger partial charge in [-0.1, -0.05) is 18.2 Å². The van der Waals surface area contributed by atoms with Crippen molar-refractivity contribution in [2.45, 2.75) is 11.4 Å². The summed E-state index contributed by atoms with van der Waals surface area (Å²) in [5.74, 6) is -1.79. The van der Waals surface area contributed by atoms with Crippen molar-refractivity contribution < 1.29 is 32.0 Å². The molecule has 0 atom stereocenters. The van der Waals surface area contributed by atoms with E-state index in [0.29, 0.717) is 11.3 Å². The van der Waals surface area contributed by atoms with E-state index in [9.17, 15) is 22.8 Å². The topological polar surface area (TPSA) is 132 Å². The summed E-state index contributed by atoms with van der Waals surface area (Å²) < 4.78 is 36.9. The predicted molar refractivity (Wildman–Crippen MR) is 108 cm³/mol. The zero-order valence-corrected chi connectivity index (χ0v) is 16.9.